The van der Waals surface area contributed by atoms with E-state index in [9.17, 15) is 4.79 Å². The highest BCUT2D eigenvalue weighted by Crippen LogP contribution is 2.32. The van der Waals surface area contributed by atoms with Crippen molar-refractivity contribution in [3.8, 4) is 11.5 Å². The fraction of sp³-hybridized carbons (Fsp3) is 0.412. The monoisotopic (exact) mass is 318 g/mol. The standard InChI is InChI=1S/C17H22N2O4/c1-11-13(18-10-17(20)21)5-4-6-14(11)19-12-7-8-15(22-2)16(9-12)23-3/h7-9,18H,4-6,10H2,1-3H3,(H,20,21). The van der Waals surface area contributed by atoms with E-state index in [0.29, 0.717) is 11.5 Å². The molecule has 0 bridgehead atoms. The summed E-state index contributed by atoms with van der Waals surface area (Å²) in [4.78, 5) is 15.4. The molecule has 0 unspecified atom stereocenters. The number of carboxylic acid groups (broad SMARTS) is 1. The van der Waals surface area contributed by atoms with Crippen LogP contribution in [0, 0.1) is 0 Å². The van der Waals surface area contributed by atoms with Crippen LogP contribution in [-0.2, 0) is 4.79 Å². The molecule has 0 aliphatic heterocycles. The SMILES string of the molecule is COc1ccc(N=C2CCCC(NCC(=O)O)=C2C)cc1OC. The van der Waals surface area contributed by atoms with Crippen molar-refractivity contribution in [3.63, 3.8) is 0 Å². The zero-order valence-electron chi connectivity index (χ0n) is 13.7. The van der Waals surface area contributed by atoms with Gasteiger partial charge in [-0.1, -0.05) is 0 Å². The third kappa shape index (κ3) is 4.25. The van der Waals surface area contributed by atoms with E-state index in [0.717, 1.165) is 41.9 Å². The normalized spacial score (nSPS) is 16.4. The van der Waals surface area contributed by atoms with E-state index in [4.69, 9.17) is 19.6 Å². The Balaban J connectivity index is 2.27. The minimum atomic E-state index is -0.866. The van der Waals surface area contributed by atoms with Crippen LogP contribution < -0.4 is 14.8 Å². The molecular formula is C17H22N2O4. The smallest absolute Gasteiger partial charge is 0.322 e. The Kier molecular flexibility index (Phi) is 5.62. The Hall–Kier alpha value is -2.50. The number of aliphatic carboxylic acids is 1. The van der Waals surface area contributed by atoms with Crippen LogP contribution in [0.2, 0.25) is 0 Å². The van der Waals surface area contributed by atoms with Gasteiger partial charge in [-0.05, 0) is 43.9 Å². The quantitative estimate of drug-likeness (QED) is 0.843. The zero-order chi connectivity index (χ0) is 16.8. The minimum absolute atomic E-state index is 0.0731. The molecule has 0 radical (unpaired) electrons. The number of hydrogen-bond donors (Lipinski definition) is 2. The highest BCUT2D eigenvalue weighted by Gasteiger charge is 2.16. The van der Waals surface area contributed by atoms with Gasteiger partial charge in [0.15, 0.2) is 11.5 Å². The van der Waals surface area contributed by atoms with Gasteiger partial charge in [0.2, 0.25) is 0 Å². The van der Waals surface area contributed by atoms with Crippen LogP contribution in [0.15, 0.2) is 34.5 Å². The van der Waals surface area contributed by atoms with Crippen molar-refractivity contribution < 1.29 is 19.4 Å². The van der Waals surface area contributed by atoms with E-state index in [1.54, 1.807) is 14.2 Å². The molecule has 2 N–H and O–H groups in total. The van der Waals surface area contributed by atoms with Crippen LogP contribution >= 0.6 is 0 Å². The van der Waals surface area contributed by atoms with Crippen molar-refractivity contribution in [1.82, 2.24) is 5.32 Å². The summed E-state index contributed by atoms with van der Waals surface area (Å²) < 4.78 is 10.5. The van der Waals surface area contributed by atoms with Gasteiger partial charge < -0.3 is 19.9 Å². The number of nitrogens with zero attached hydrogens (tertiary/aromatic N) is 1. The topological polar surface area (TPSA) is 80.2 Å². The average molecular weight is 318 g/mol. The predicted molar refractivity (Wildman–Crippen MR) is 88.8 cm³/mol. The Morgan fingerprint density at radius 2 is 2.00 bits per heavy atom. The second-order valence-electron chi connectivity index (χ2n) is 5.30. The first-order valence-electron chi connectivity index (χ1n) is 7.50. The molecule has 0 saturated heterocycles. The summed E-state index contributed by atoms with van der Waals surface area (Å²) in [6, 6.07) is 5.53. The first-order valence-corrected chi connectivity index (χ1v) is 7.50. The van der Waals surface area contributed by atoms with Crippen LogP contribution in [0.25, 0.3) is 0 Å². The number of methoxy groups -OCH3 is 2. The second kappa shape index (κ2) is 7.67. The Morgan fingerprint density at radius 1 is 1.26 bits per heavy atom. The van der Waals surface area contributed by atoms with Crippen molar-refractivity contribution in [2.24, 2.45) is 4.99 Å². The van der Waals surface area contributed by atoms with Gasteiger partial charge in [0, 0.05) is 17.5 Å². The maximum Gasteiger partial charge on any atom is 0.322 e. The molecule has 1 aromatic carbocycles. The molecule has 1 aromatic rings. The number of nitrogens with one attached hydrogen (secondary N) is 1. The Morgan fingerprint density at radius 3 is 2.65 bits per heavy atom. The maximum atomic E-state index is 10.7. The number of aliphatic imine (C=N–C) groups is 1. The molecule has 1 aliphatic rings. The molecule has 2 rings (SSSR count). The molecule has 23 heavy (non-hydrogen) atoms. The van der Waals surface area contributed by atoms with Gasteiger partial charge in [-0.25, -0.2) is 0 Å². The number of carbonyl (C=O) groups is 1. The van der Waals surface area contributed by atoms with Crippen LogP contribution in [0.5, 0.6) is 11.5 Å². The Labute approximate surface area is 135 Å². The fourth-order valence-corrected chi connectivity index (χ4v) is 2.58. The summed E-state index contributed by atoms with van der Waals surface area (Å²) in [5.41, 5.74) is 3.73. The average Bonchev–Trinajstić information content (AvgIpc) is 2.55. The van der Waals surface area contributed by atoms with E-state index in [1.807, 2.05) is 25.1 Å². The largest absolute Gasteiger partial charge is 0.493 e. The van der Waals surface area contributed by atoms with E-state index in [-0.39, 0.29) is 6.54 Å². The van der Waals surface area contributed by atoms with Crippen LogP contribution in [0.1, 0.15) is 26.2 Å². The van der Waals surface area contributed by atoms with Gasteiger partial charge in [0.1, 0.15) is 6.54 Å². The van der Waals surface area contributed by atoms with Crippen LogP contribution in [0.4, 0.5) is 5.69 Å². The molecule has 0 amide bonds. The molecule has 0 spiro atoms. The zero-order valence-corrected chi connectivity index (χ0v) is 13.7. The van der Waals surface area contributed by atoms with Crippen molar-refractivity contribution in [2.45, 2.75) is 26.2 Å². The van der Waals surface area contributed by atoms with Crippen LogP contribution in [-0.4, -0.2) is 37.6 Å². The molecular weight excluding hydrogens is 296 g/mol. The van der Waals surface area contributed by atoms with Gasteiger partial charge in [-0.3, -0.25) is 9.79 Å². The van der Waals surface area contributed by atoms with Crippen molar-refractivity contribution in [3.05, 3.63) is 29.5 Å². The maximum absolute atomic E-state index is 10.7. The Bertz CT molecular complexity index is 650. The molecule has 6 nitrogen and oxygen atoms in total. The van der Waals surface area contributed by atoms with Gasteiger partial charge in [-0.15, -0.1) is 0 Å². The van der Waals surface area contributed by atoms with E-state index >= 15 is 0 Å². The van der Waals surface area contributed by atoms with Gasteiger partial charge in [-0.2, -0.15) is 0 Å². The molecule has 0 aromatic heterocycles. The van der Waals surface area contributed by atoms with Crippen molar-refractivity contribution in [1.29, 1.82) is 0 Å². The molecule has 0 atom stereocenters. The van der Waals surface area contributed by atoms with E-state index < -0.39 is 5.97 Å². The highest BCUT2D eigenvalue weighted by atomic mass is 16.5. The first kappa shape index (κ1) is 16.9. The van der Waals surface area contributed by atoms with Gasteiger partial charge >= 0.3 is 5.97 Å². The summed E-state index contributed by atoms with van der Waals surface area (Å²) in [6.45, 7) is 1.90. The first-order chi connectivity index (χ1) is 11.0. The number of rotatable bonds is 6. The lowest BCUT2D eigenvalue weighted by atomic mass is 9.95. The molecule has 0 saturated carbocycles. The van der Waals surface area contributed by atoms with E-state index in [2.05, 4.69) is 5.32 Å². The summed E-state index contributed by atoms with van der Waals surface area (Å²) in [5, 5.41) is 11.8. The lowest BCUT2D eigenvalue weighted by Crippen LogP contribution is -2.26. The third-order valence-corrected chi connectivity index (χ3v) is 3.81. The third-order valence-electron chi connectivity index (χ3n) is 3.81. The minimum Gasteiger partial charge on any atom is -0.493 e. The summed E-state index contributed by atoms with van der Waals surface area (Å²) in [7, 11) is 3.19. The predicted octanol–water partition coefficient (Wildman–Crippen LogP) is 2.91. The van der Waals surface area contributed by atoms with Crippen molar-refractivity contribution >= 4 is 17.4 Å². The molecule has 0 heterocycles. The number of allylic oxidation sites excluding steroid dienone is 2. The summed E-state index contributed by atoms with van der Waals surface area (Å²) in [6.07, 6.45) is 2.67. The lowest BCUT2D eigenvalue weighted by Gasteiger charge is -2.20. The second-order valence-corrected chi connectivity index (χ2v) is 5.30. The molecule has 6 heteroatoms. The number of ether oxygens (including phenoxy) is 2. The number of hydrogen-bond acceptors (Lipinski definition) is 5. The highest BCUT2D eigenvalue weighted by molar-refractivity contribution is 6.02. The lowest BCUT2D eigenvalue weighted by molar-refractivity contribution is -0.135. The molecule has 1 aliphatic carbocycles. The number of carboxylic acids is 1. The summed E-state index contributed by atoms with van der Waals surface area (Å²) in [5.74, 6) is 0.432. The molecule has 124 valence electrons. The number of benzene rings is 1. The van der Waals surface area contributed by atoms with Crippen LogP contribution in [0.3, 0.4) is 0 Å². The van der Waals surface area contributed by atoms with Crippen molar-refractivity contribution in [2.75, 3.05) is 20.8 Å². The fourth-order valence-electron chi connectivity index (χ4n) is 2.58. The van der Waals surface area contributed by atoms with E-state index in [1.165, 1.54) is 0 Å². The summed E-state index contributed by atoms with van der Waals surface area (Å²) >= 11 is 0. The van der Waals surface area contributed by atoms with Gasteiger partial charge in [0.25, 0.3) is 0 Å². The van der Waals surface area contributed by atoms with Gasteiger partial charge in [0.05, 0.1) is 19.9 Å². The molecule has 0 fully saturated rings.